The highest BCUT2D eigenvalue weighted by Crippen LogP contribution is 2.22. The maximum Gasteiger partial charge on any atom is 0.243 e. The van der Waals surface area contributed by atoms with Gasteiger partial charge in [0.05, 0.1) is 11.8 Å². The summed E-state index contributed by atoms with van der Waals surface area (Å²) >= 11 is 1.52. The average molecular weight is 267 g/mol. The lowest BCUT2D eigenvalue weighted by atomic mass is 10.2. The lowest BCUT2D eigenvalue weighted by molar-refractivity contribution is 0.349. The minimum absolute atomic E-state index is 0.206. The second-order valence-corrected chi connectivity index (χ2v) is 4.85. The van der Waals surface area contributed by atoms with Gasteiger partial charge < -0.3 is 10.3 Å². The van der Waals surface area contributed by atoms with Crippen LogP contribution in [0.1, 0.15) is 31.1 Å². The number of nitrogens with two attached hydrogens (primary N) is 1. The third kappa shape index (κ3) is 3.30. The van der Waals surface area contributed by atoms with Gasteiger partial charge in [0, 0.05) is 4.90 Å². The molecule has 0 amide bonds. The van der Waals surface area contributed by atoms with Crippen molar-refractivity contribution in [3.05, 3.63) is 41.8 Å². The van der Waals surface area contributed by atoms with Crippen molar-refractivity contribution in [3.63, 3.8) is 0 Å². The van der Waals surface area contributed by atoms with Crippen molar-refractivity contribution in [1.29, 1.82) is 0 Å². The predicted molar refractivity (Wildman–Crippen MR) is 67.5 cm³/mol. The normalized spacial score (nSPS) is 12.6. The maximum absolute atomic E-state index is 12.7. The van der Waals surface area contributed by atoms with Crippen LogP contribution in [-0.2, 0) is 5.75 Å². The zero-order valence-corrected chi connectivity index (χ0v) is 10.8. The van der Waals surface area contributed by atoms with Gasteiger partial charge in [0.15, 0.2) is 5.82 Å². The summed E-state index contributed by atoms with van der Waals surface area (Å²) in [5.74, 6) is 1.40. The number of halogens is 1. The van der Waals surface area contributed by atoms with Crippen LogP contribution in [0.5, 0.6) is 0 Å². The van der Waals surface area contributed by atoms with E-state index in [4.69, 9.17) is 10.3 Å². The van der Waals surface area contributed by atoms with Crippen LogP contribution in [0.4, 0.5) is 4.39 Å². The van der Waals surface area contributed by atoms with Gasteiger partial charge in [0.2, 0.25) is 5.89 Å². The van der Waals surface area contributed by atoms with Gasteiger partial charge in [0.1, 0.15) is 5.82 Å². The average Bonchev–Trinajstić information content (AvgIpc) is 2.86. The Morgan fingerprint density at radius 3 is 2.78 bits per heavy atom. The van der Waals surface area contributed by atoms with Crippen molar-refractivity contribution in [1.82, 2.24) is 10.1 Å². The van der Waals surface area contributed by atoms with Crippen molar-refractivity contribution in [2.24, 2.45) is 5.73 Å². The monoisotopic (exact) mass is 267 g/mol. The number of rotatable bonds is 5. The van der Waals surface area contributed by atoms with Crippen LogP contribution in [0.25, 0.3) is 0 Å². The van der Waals surface area contributed by atoms with Gasteiger partial charge in [-0.15, -0.1) is 11.8 Å². The summed E-state index contributed by atoms with van der Waals surface area (Å²) in [5, 5.41) is 3.86. The molecule has 0 saturated carbocycles. The Hall–Kier alpha value is -1.40. The Balaban J connectivity index is 1.94. The highest BCUT2D eigenvalue weighted by molar-refractivity contribution is 7.98. The van der Waals surface area contributed by atoms with Gasteiger partial charge in [-0.3, -0.25) is 0 Å². The molecule has 2 N–H and O–H groups in total. The van der Waals surface area contributed by atoms with E-state index in [2.05, 4.69) is 10.1 Å². The number of aromatic nitrogens is 2. The third-order valence-corrected chi connectivity index (χ3v) is 3.43. The minimum atomic E-state index is -0.241. The Morgan fingerprint density at radius 2 is 2.11 bits per heavy atom. The fourth-order valence-corrected chi connectivity index (χ4v) is 2.07. The van der Waals surface area contributed by atoms with Crippen molar-refractivity contribution >= 4 is 11.8 Å². The molecule has 0 fully saturated rings. The predicted octanol–water partition coefficient (Wildman–Crippen LogP) is 2.91. The Bertz CT molecular complexity index is 500. The summed E-state index contributed by atoms with van der Waals surface area (Å²) < 4.78 is 17.8. The number of hydrogen-bond acceptors (Lipinski definition) is 5. The SMILES string of the molecule is CC[C@H](N)c1nc(CSc2ccc(F)cc2)no1. The van der Waals surface area contributed by atoms with E-state index in [1.165, 1.54) is 23.9 Å². The van der Waals surface area contributed by atoms with Crippen LogP contribution < -0.4 is 5.73 Å². The molecule has 18 heavy (non-hydrogen) atoms. The highest BCUT2D eigenvalue weighted by atomic mass is 32.2. The molecule has 2 aromatic rings. The zero-order valence-electron chi connectivity index (χ0n) is 9.97. The second-order valence-electron chi connectivity index (χ2n) is 3.81. The van der Waals surface area contributed by atoms with E-state index in [0.717, 1.165) is 11.3 Å². The molecular formula is C12H14FN3OS. The number of nitrogens with zero attached hydrogens (tertiary/aromatic N) is 2. The fraction of sp³-hybridized carbons (Fsp3) is 0.333. The van der Waals surface area contributed by atoms with Gasteiger partial charge in [0.25, 0.3) is 0 Å². The topological polar surface area (TPSA) is 64.9 Å². The molecule has 1 heterocycles. The first kappa shape index (κ1) is 13.0. The van der Waals surface area contributed by atoms with Crippen LogP contribution in [0.15, 0.2) is 33.7 Å². The van der Waals surface area contributed by atoms with E-state index in [0.29, 0.717) is 17.5 Å². The van der Waals surface area contributed by atoms with E-state index >= 15 is 0 Å². The molecule has 0 aliphatic heterocycles. The quantitative estimate of drug-likeness (QED) is 0.844. The van der Waals surface area contributed by atoms with E-state index < -0.39 is 0 Å². The first-order valence-electron chi connectivity index (χ1n) is 5.65. The van der Waals surface area contributed by atoms with Gasteiger partial charge in [-0.05, 0) is 30.7 Å². The van der Waals surface area contributed by atoms with E-state index in [9.17, 15) is 4.39 Å². The molecule has 6 heteroatoms. The highest BCUT2D eigenvalue weighted by Gasteiger charge is 2.12. The number of benzene rings is 1. The molecule has 4 nitrogen and oxygen atoms in total. The summed E-state index contributed by atoms with van der Waals surface area (Å²) in [6.07, 6.45) is 0.757. The molecule has 0 saturated heterocycles. The van der Waals surface area contributed by atoms with Gasteiger partial charge in [-0.25, -0.2) is 4.39 Å². The van der Waals surface area contributed by atoms with Crippen molar-refractivity contribution in [2.45, 2.75) is 30.0 Å². The first-order chi connectivity index (χ1) is 8.69. The summed E-state index contributed by atoms with van der Waals surface area (Å²) in [4.78, 5) is 5.18. The molecule has 0 unspecified atom stereocenters. The summed E-state index contributed by atoms with van der Waals surface area (Å²) in [5.41, 5.74) is 5.79. The van der Waals surface area contributed by atoms with E-state index in [-0.39, 0.29) is 11.9 Å². The van der Waals surface area contributed by atoms with Gasteiger partial charge in [-0.2, -0.15) is 4.98 Å². The van der Waals surface area contributed by atoms with Crippen LogP contribution in [-0.4, -0.2) is 10.1 Å². The van der Waals surface area contributed by atoms with Crippen LogP contribution in [0, 0.1) is 5.82 Å². The van der Waals surface area contributed by atoms with Crippen molar-refractivity contribution < 1.29 is 8.91 Å². The van der Waals surface area contributed by atoms with Crippen LogP contribution in [0.3, 0.4) is 0 Å². The van der Waals surface area contributed by atoms with Crippen molar-refractivity contribution in [2.75, 3.05) is 0 Å². The molecule has 0 aliphatic rings. The molecule has 1 aromatic heterocycles. The third-order valence-electron chi connectivity index (χ3n) is 2.42. The summed E-state index contributed by atoms with van der Waals surface area (Å²) in [6.45, 7) is 1.96. The van der Waals surface area contributed by atoms with Crippen molar-refractivity contribution in [3.8, 4) is 0 Å². The van der Waals surface area contributed by atoms with Gasteiger partial charge >= 0.3 is 0 Å². The molecule has 1 aromatic carbocycles. The Kier molecular flexibility index (Phi) is 4.33. The molecule has 0 aliphatic carbocycles. The standard InChI is InChI=1S/C12H14FN3OS/c1-2-10(14)12-15-11(16-17-12)7-18-9-5-3-8(13)4-6-9/h3-6,10H,2,7,14H2,1H3/t10-/m0/s1. The Morgan fingerprint density at radius 1 is 1.39 bits per heavy atom. The lowest BCUT2D eigenvalue weighted by Gasteiger charge is -1.99. The number of hydrogen-bond donors (Lipinski definition) is 1. The molecular weight excluding hydrogens is 253 g/mol. The smallest absolute Gasteiger partial charge is 0.243 e. The van der Waals surface area contributed by atoms with Gasteiger partial charge in [-0.1, -0.05) is 12.1 Å². The van der Waals surface area contributed by atoms with Crippen LogP contribution >= 0.6 is 11.8 Å². The van der Waals surface area contributed by atoms with E-state index in [1.54, 1.807) is 12.1 Å². The Labute approximate surface area is 109 Å². The molecule has 96 valence electrons. The largest absolute Gasteiger partial charge is 0.338 e. The molecule has 0 spiro atoms. The molecule has 2 rings (SSSR count). The maximum atomic E-state index is 12.7. The van der Waals surface area contributed by atoms with E-state index in [1.807, 2.05) is 6.92 Å². The lowest BCUT2D eigenvalue weighted by Crippen LogP contribution is -2.08. The summed E-state index contributed by atoms with van der Waals surface area (Å²) in [7, 11) is 0. The fourth-order valence-electron chi connectivity index (χ4n) is 1.33. The number of thioether (sulfide) groups is 1. The molecule has 1 atom stereocenters. The summed E-state index contributed by atoms with van der Waals surface area (Å²) in [6, 6.07) is 6.09. The molecule has 0 bridgehead atoms. The molecule has 0 radical (unpaired) electrons. The second kappa shape index (κ2) is 5.97. The minimum Gasteiger partial charge on any atom is -0.338 e. The van der Waals surface area contributed by atoms with Crippen LogP contribution in [0.2, 0.25) is 0 Å². The first-order valence-corrected chi connectivity index (χ1v) is 6.64. The zero-order chi connectivity index (χ0) is 13.0.